The predicted octanol–water partition coefficient (Wildman–Crippen LogP) is 0.738. The SMILES string of the molecule is Cc1nc(N(C)C)nc2nn(C)cc12. The lowest BCUT2D eigenvalue weighted by Gasteiger charge is -2.09. The fraction of sp³-hybridized carbons (Fsp3) is 0.444. The monoisotopic (exact) mass is 191 g/mol. The molecule has 0 spiro atoms. The lowest BCUT2D eigenvalue weighted by atomic mass is 10.3. The number of hydrogen-bond acceptors (Lipinski definition) is 4. The van der Waals surface area contributed by atoms with E-state index in [0.29, 0.717) is 5.95 Å². The molecular formula is C9H13N5. The third-order valence-corrected chi connectivity index (χ3v) is 2.07. The summed E-state index contributed by atoms with van der Waals surface area (Å²) in [5, 5.41) is 5.27. The van der Waals surface area contributed by atoms with E-state index < -0.39 is 0 Å². The molecule has 0 radical (unpaired) electrons. The highest BCUT2D eigenvalue weighted by atomic mass is 15.3. The highest BCUT2D eigenvalue weighted by Crippen LogP contribution is 2.15. The van der Waals surface area contributed by atoms with Gasteiger partial charge in [0.1, 0.15) is 0 Å². The van der Waals surface area contributed by atoms with E-state index in [1.54, 1.807) is 4.68 Å². The molecule has 0 aliphatic heterocycles. The second-order valence-corrected chi connectivity index (χ2v) is 3.54. The molecule has 0 fully saturated rings. The lowest BCUT2D eigenvalue weighted by Crippen LogP contribution is -2.13. The van der Waals surface area contributed by atoms with E-state index in [1.807, 2.05) is 39.2 Å². The zero-order valence-corrected chi connectivity index (χ0v) is 8.81. The van der Waals surface area contributed by atoms with Crippen LogP contribution in [0.4, 0.5) is 5.95 Å². The number of aromatic nitrogens is 4. The first-order valence-electron chi connectivity index (χ1n) is 4.43. The summed E-state index contributed by atoms with van der Waals surface area (Å²) in [7, 11) is 5.73. The molecule has 0 unspecified atom stereocenters. The molecule has 0 aliphatic rings. The number of nitrogens with zero attached hydrogens (tertiary/aromatic N) is 5. The zero-order chi connectivity index (χ0) is 10.3. The van der Waals surface area contributed by atoms with Crippen molar-refractivity contribution < 1.29 is 0 Å². The van der Waals surface area contributed by atoms with Crippen LogP contribution in [0.15, 0.2) is 6.20 Å². The smallest absolute Gasteiger partial charge is 0.227 e. The third-order valence-electron chi connectivity index (χ3n) is 2.07. The molecule has 0 amide bonds. The van der Waals surface area contributed by atoms with Gasteiger partial charge in [-0.1, -0.05) is 0 Å². The molecule has 2 heterocycles. The van der Waals surface area contributed by atoms with Crippen LogP contribution in [0.5, 0.6) is 0 Å². The summed E-state index contributed by atoms with van der Waals surface area (Å²) in [5.74, 6) is 0.703. The maximum absolute atomic E-state index is 4.38. The second-order valence-electron chi connectivity index (χ2n) is 3.54. The number of rotatable bonds is 1. The predicted molar refractivity (Wildman–Crippen MR) is 55.4 cm³/mol. The molecule has 2 rings (SSSR count). The van der Waals surface area contributed by atoms with Gasteiger partial charge in [-0.2, -0.15) is 10.1 Å². The Morgan fingerprint density at radius 1 is 1.29 bits per heavy atom. The lowest BCUT2D eigenvalue weighted by molar-refractivity contribution is 0.775. The average molecular weight is 191 g/mol. The summed E-state index contributed by atoms with van der Waals surface area (Å²) < 4.78 is 1.76. The van der Waals surface area contributed by atoms with Gasteiger partial charge >= 0.3 is 0 Å². The van der Waals surface area contributed by atoms with Crippen LogP contribution in [0, 0.1) is 6.92 Å². The molecular weight excluding hydrogens is 178 g/mol. The summed E-state index contributed by atoms with van der Waals surface area (Å²) in [6.07, 6.45) is 1.93. The normalized spacial score (nSPS) is 10.9. The Labute approximate surface area is 82.4 Å². The molecule has 5 nitrogen and oxygen atoms in total. The molecule has 0 aromatic carbocycles. The molecule has 2 aromatic heterocycles. The van der Waals surface area contributed by atoms with E-state index in [2.05, 4.69) is 15.1 Å². The summed E-state index contributed by atoms with van der Waals surface area (Å²) in [6.45, 7) is 1.97. The van der Waals surface area contributed by atoms with Crippen molar-refractivity contribution in [2.24, 2.45) is 7.05 Å². The highest BCUT2D eigenvalue weighted by Gasteiger charge is 2.08. The van der Waals surface area contributed by atoms with Crippen LogP contribution < -0.4 is 4.90 Å². The molecule has 5 heteroatoms. The first-order valence-corrected chi connectivity index (χ1v) is 4.43. The van der Waals surface area contributed by atoms with E-state index in [9.17, 15) is 0 Å². The number of hydrogen-bond donors (Lipinski definition) is 0. The molecule has 0 aliphatic carbocycles. The van der Waals surface area contributed by atoms with Crippen LogP contribution in [0.1, 0.15) is 5.69 Å². The van der Waals surface area contributed by atoms with Gasteiger partial charge in [-0.05, 0) is 6.92 Å². The Balaban J connectivity index is 2.71. The van der Waals surface area contributed by atoms with Gasteiger partial charge in [0.25, 0.3) is 0 Å². The van der Waals surface area contributed by atoms with E-state index in [0.717, 1.165) is 16.7 Å². The van der Waals surface area contributed by atoms with Gasteiger partial charge in [0.15, 0.2) is 5.65 Å². The van der Waals surface area contributed by atoms with Crippen molar-refractivity contribution in [2.45, 2.75) is 6.92 Å². The zero-order valence-electron chi connectivity index (χ0n) is 8.81. The molecule has 0 saturated carbocycles. The van der Waals surface area contributed by atoms with E-state index in [4.69, 9.17) is 0 Å². The maximum Gasteiger partial charge on any atom is 0.227 e. The topological polar surface area (TPSA) is 46.8 Å². The summed E-state index contributed by atoms with van der Waals surface area (Å²) in [4.78, 5) is 10.6. The minimum Gasteiger partial charge on any atom is -0.347 e. The molecule has 0 N–H and O–H groups in total. The van der Waals surface area contributed by atoms with Crippen molar-refractivity contribution >= 4 is 17.0 Å². The van der Waals surface area contributed by atoms with Gasteiger partial charge in [-0.3, -0.25) is 4.68 Å². The molecule has 2 aromatic rings. The number of fused-ring (bicyclic) bond motifs is 1. The van der Waals surface area contributed by atoms with Crippen LogP contribution in [0.25, 0.3) is 11.0 Å². The fourth-order valence-electron chi connectivity index (χ4n) is 1.34. The molecule has 0 saturated heterocycles. The molecule has 0 bridgehead atoms. The first kappa shape index (κ1) is 8.93. The van der Waals surface area contributed by atoms with E-state index in [1.165, 1.54) is 0 Å². The van der Waals surface area contributed by atoms with Crippen molar-refractivity contribution in [3.63, 3.8) is 0 Å². The summed E-state index contributed by atoms with van der Waals surface area (Å²) in [5.41, 5.74) is 1.72. The highest BCUT2D eigenvalue weighted by molar-refractivity contribution is 5.77. The van der Waals surface area contributed by atoms with Crippen LogP contribution in [-0.2, 0) is 7.05 Å². The van der Waals surface area contributed by atoms with Crippen molar-refractivity contribution in [2.75, 3.05) is 19.0 Å². The standard InChI is InChI=1S/C9H13N5/c1-6-7-5-14(4)12-8(7)11-9(10-6)13(2)3/h5H,1-4H3. The van der Waals surface area contributed by atoms with E-state index >= 15 is 0 Å². The van der Waals surface area contributed by atoms with Crippen molar-refractivity contribution in [3.8, 4) is 0 Å². The van der Waals surface area contributed by atoms with Crippen molar-refractivity contribution in [1.82, 2.24) is 19.7 Å². The van der Waals surface area contributed by atoms with Crippen LogP contribution in [0.2, 0.25) is 0 Å². The van der Waals surface area contributed by atoms with E-state index in [-0.39, 0.29) is 0 Å². The maximum atomic E-state index is 4.38. The Morgan fingerprint density at radius 2 is 2.00 bits per heavy atom. The molecule has 74 valence electrons. The minimum absolute atomic E-state index is 0.703. The Hall–Kier alpha value is -1.65. The third kappa shape index (κ3) is 1.30. The van der Waals surface area contributed by atoms with Crippen molar-refractivity contribution in [1.29, 1.82) is 0 Å². The van der Waals surface area contributed by atoms with Gasteiger partial charge in [0.05, 0.1) is 11.1 Å². The fourth-order valence-corrected chi connectivity index (χ4v) is 1.34. The summed E-state index contributed by atoms with van der Waals surface area (Å²) >= 11 is 0. The largest absolute Gasteiger partial charge is 0.347 e. The van der Waals surface area contributed by atoms with Crippen LogP contribution in [0.3, 0.4) is 0 Å². The molecule has 14 heavy (non-hydrogen) atoms. The van der Waals surface area contributed by atoms with Gasteiger partial charge < -0.3 is 4.90 Å². The second kappa shape index (κ2) is 2.94. The average Bonchev–Trinajstić information content (AvgIpc) is 2.45. The van der Waals surface area contributed by atoms with Crippen molar-refractivity contribution in [3.05, 3.63) is 11.9 Å². The number of aryl methyl sites for hydroxylation is 2. The number of anilines is 1. The van der Waals surface area contributed by atoms with Crippen LogP contribution in [-0.4, -0.2) is 33.8 Å². The first-order chi connectivity index (χ1) is 6.58. The van der Waals surface area contributed by atoms with Crippen LogP contribution >= 0.6 is 0 Å². The molecule has 0 atom stereocenters. The van der Waals surface area contributed by atoms with Gasteiger partial charge in [0, 0.05) is 27.3 Å². The minimum atomic E-state index is 0.703. The Kier molecular flexibility index (Phi) is 1.87. The quantitative estimate of drug-likeness (QED) is 0.667. The summed E-state index contributed by atoms with van der Waals surface area (Å²) in [6, 6.07) is 0. The van der Waals surface area contributed by atoms with Gasteiger partial charge in [0.2, 0.25) is 5.95 Å². The van der Waals surface area contributed by atoms with Gasteiger partial charge in [-0.25, -0.2) is 4.98 Å². The van der Waals surface area contributed by atoms with Gasteiger partial charge in [-0.15, -0.1) is 0 Å². The Morgan fingerprint density at radius 3 is 2.64 bits per heavy atom. The Bertz CT molecular complexity index is 471.